The van der Waals surface area contributed by atoms with Gasteiger partial charge in [-0.25, -0.2) is 4.98 Å². The van der Waals surface area contributed by atoms with Crippen LogP contribution in [-0.2, 0) is 11.3 Å². The summed E-state index contributed by atoms with van der Waals surface area (Å²) in [6.07, 6.45) is 1.46. The summed E-state index contributed by atoms with van der Waals surface area (Å²) in [6.45, 7) is 6.61. The Morgan fingerprint density at radius 3 is 2.74 bits per heavy atom. The van der Waals surface area contributed by atoms with Gasteiger partial charge in [-0.15, -0.1) is 0 Å². The zero-order valence-corrected chi connectivity index (χ0v) is 14.1. The smallest absolute Gasteiger partial charge is 0.236 e. The van der Waals surface area contributed by atoms with E-state index in [4.69, 9.17) is 0 Å². The van der Waals surface area contributed by atoms with Crippen LogP contribution in [0, 0.1) is 0 Å². The highest BCUT2D eigenvalue weighted by Crippen LogP contribution is 2.20. The predicted molar refractivity (Wildman–Crippen MR) is 89.1 cm³/mol. The van der Waals surface area contributed by atoms with Crippen molar-refractivity contribution in [2.75, 3.05) is 26.2 Å². The van der Waals surface area contributed by atoms with Gasteiger partial charge in [0.25, 0.3) is 0 Å². The first-order valence-corrected chi connectivity index (χ1v) is 8.78. The van der Waals surface area contributed by atoms with Gasteiger partial charge in [-0.2, -0.15) is 5.10 Å². The van der Waals surface area contributed by atoms with Gasteiger partial charge in [-0.1, -0.05) is 42.1 Å². The van der Waals surface area contributed by atoms with Crippen molar-refractivity contribution in [2.45, 2.75) is 23.9 Å². The molecule has 1 amide bonds. The lowest BCUT2D eigenvalue weighted by molar-refractivity contribution is -0.917. The lowest BCUT2D eigenvalue weighted by atomic mass is 10.2. The molecule has 3 rings (SSSR count). The van der Waals surface area contributed by atoms with Crippen LogP contribution < -0.4 is 4.90 Å². The van der Waals surface area contributed by atoms with Crippen molar-refractivity contribution in [3.05, 3.63) is 42.2 Å². The van der Waals surface area contributed by atoms with E-state index in [9.17, 15) is 4.79 Å². The van der Waals surface area contributed by atoms with E-state index in [-0.39, 0.29) is 11.2 Å². The number of nitrogens with zero attached hydrogens (tertiary/aromatic N) is 3. The molecule has 7 heteroatoms. The van der Waals surface area contributed by atoms with Gasteiger partial charge < -0.3 is 9.80 Å². The van der Waals surface area contributed by atoms with Crippen LogP contribution in [0.15, 0.2) is 41.8 Å². The maximum atomic E-state index is 12.5. The average Bonchev–Trinajstić information content (AvgIpc) is 3.09. The molecule has 0 aliphatic carbocycles. The van der Waals surface area contributed by atoms with Crippen molar-refractivity contribution in [2.24, 2.45) is 0 Å². The van der Waals surface area contributed by atoms with Gasteiger partial charge in [-0.05, 0) is 6.92 Å². The fourth-order valence-corrected chi connectivity index (χ4v) is 3.63. The predicted octanol–water partition coefficient (Wildman–Crippen LogP) is 0.213. The first kappa shape index (κ1) is 16.0. The SMILES string of the molecule is C[C@@H](Sc1ncn[nH]1)C(=O)N1CC[NH+](Cc2ccccc2)CC1. The lowest BCUT2D eigenvalue weighted by Gasteiger charge is -2.33. The minimum absolute atomic E-state index is 0.140. The molecule has 1 fully saturated rings. The zero-order valence-electron chi connectivity index (χ0n) is 13.2. The Kier molecular flexibility index (Phi) is 5.30. The highest BCUT2D eigenvalue weighted by molar-refractivity contribution is 8.00. The van der Waals surface area contributed by atoms with Crippen LogP contribution in [0.25, 0.3) is 0 Å². The maximum Gasteiger partial charge on any atom is 0.236 e. The van der Waals surface area contributed by atoms with E-state index in [2.05, 4.69) is 39.4 Å². The monoisotopic (exact) mass is 332 g/mol. The Hall–Kier alpha value is -1.86. The quantitative estimate of drug-likeness (QED) is 0.769. The molecule has 0 unspecified atom stereocenters. The van der Waals surface area contributed by atoms with Crippen LogP contribution in [0.4, 0.5) is 0 Å². The second kappa shape index (κ2) is 7.61. The normalized spacial score (nSPS) is 17.2. The summed E-state index contributed by atoms with van der Waals surface area (Å²) in [6, 6.07) is 10.5. The number of piperazine rings is 1. The first-order valence-electron chi connectivity index (χ1n) is 7.90. The van der Waals surface area contributed by atoms with E-state index in [1.807, 2.05) is 17.9 Å². The van der Waals surface area contributed by atoms with E-state index in [1.165, 1.54) is 28.6 Å². The summed E-state index contributed by atoms with van der Waals surface area (Å²) in [5, 5.41) is 7.15. The van der Waals surface area contributed by atoms with Crippen LogP contribution >= 0.6 is 11.8 Å². The molecule has 0 bridgehead atoms. The Labute approximate surface area is 140 Å². The molecule has 1 atom stereocenters. The number of hydrogen-bond acceptors (Lipinski definition) is 4. The summed E-state index contributed by atoms with van der Waals surface area (Å²) in [7, 11) is 0. The third-order valence-corrected chi connectivity index (χ3v) is 5.08. The minimum Gasteiger partial charge on any atom is -0.330 e. The van der Waals surface area contributed by atoms with Crippen LogP contribution in [0.2, 0.25) is 0 Å². The van der Waals surface area contributed by atoms with Gasteiger partial charge in [0.05, 0.1) is 31.4 Å². The van der Waals surface area contributed by atoms with Gasteiger partial charge >= 0.3 is 0 Å². The van der Waals surface area contributed by atoms with Crippen molar-refractivity contribution in [3.63, 3.8) is 0 Å². The second-order valence-corrected chi connectivity index (χ2v) is 7.12. The van der Waals surface area contributed by atoms with E-state index in [0.29, 0.717) is 5.16 Å². The van der Waals surface area contributed by atoms with Crippen molar-refractivity contribution in [1.82, 2.24) is 20.1 Å². The molecule has 1 saturated heterocycles. The summed E-state index contributed by atoms with van der Waals surface area (Å²) in [4.78, 5) is 20.1. The number of quaternary nitrogens is 1. The van der Waals surface area contributed by atoms with Gasteiger partial charge in [-0.3, -0.25) is 9.89 Å². The number of aromatic amines is 1. The summed E-state index contributed by atoms with van der Waals surface area (Å²) >= 11 is 1.43. The summed E-state index contributed by atoms with van der Waals surface area (Å²) < 4.78 is 0. The van der Waals surface area contributed by atoms with Crippen molar-refractivity contribution in [3.8, 4) is 0 Å². The third-order valence-electron chi connectivity index (χ3n) is 4.11. The number of hydrogen-bond donors (Lipinski definition) is 2. The van der Waals surface area contributed by atoms with Crippen LogP contribution in [0.1, 0.15) is 12.5 Å². The Morgan fingerprint density at radius 1 is 1.35 bits per heavy atom. The number of aromatic nitrogens is 3. The highest BCUT2D eigenvalue weighted by atomic mass is 32.2. The Morgan fingerprint density at radius 2 is 2.09 bits per heavy atom. The zero-order chi connectivity index (χ0) is 16.1. The number of amides is 1. The largest absolute Gasteiger partial charge is 0.330 e. The fraction of sp³-hybridized carbons (Fsp3) is 0.438. The van der Waals surface area contributed by atoms with Crippen molar-refractivity contribution >= 4 is 17.7 Å². The summed E-state index contributed by atoms with van der Waals surface area (Å²) in [5.41, 5.74) is 1.36. The standard InChI is InChI=1S/C16H21N5OS/c1-13(23-16-17-12-18-19-16)15(22)21-9-7-20(8-10-21)11-14-5-3-2-4-6-14/h2-6,12-13H,7-11H2,1H3,(H,17,18,19)/p+1/t13-/m1/s1. The van der Waals surface area contributed by atoms with Crippen LogP contribution in [0.3, 0.4) is 0 Å². The maximum absolute atomic E-state index is 12.5. The third kappa shape index (κ3) is 4.33. The molecule has 1 aliphatic heterocycles. The van der Waals surface area contributed by atoms with Crippen LogP contribution in [-0.4, -0.2) is 57.4 Å². The highest BCUT2D eigenvalue weighted by Gasteiger charge is 2.27. The number of nitrogens with one attached hydrogen (secondary N) is 2. The molecule has 2 aromatic rings. The average molecular weight is 332 g/mol. The molecule has 1 aromatic heterocycles. The molecule has 0 radical (unpaired) electrons. The number of carbonyl (C=O) groups is 1. The molecular weight excluding hydrogens is 310 g/mol. The van der Waals surface area contributed by atoms with Crippen molar-refractivity contribution < 1.29 is 9.69 Å². The molecule has 0 spiro atoms. The number of rotatable bonds is 5. The Balaban J connectivity index is 1.47. The molecule has 6 nitrogen and oxygen atoms in total. The molecule has 1 aromatic carbocycles. The van der Waals surface area contributed by atoms with E-state index in [1.54, 1.807) is 0 Å². The van der Waals surface area contributed by atoms with Gasteiger partial charge in [0.2, 0.25) is 5.91 Å². The number of H-pyrrole nitrogens is 1. The number of carbonyl (C=O) groups excluding carboxylic acids is 1. The molecule has 122 valence electrons. The molecular formula is C16H22N5OS+. The number of benzene rings is 1. The number of thioether (sulfide) groups is 1. The van der Waals surface area contributed by atoms with Crippen molar-refractivity contribution in [1.29, 1.82) is 0 Å². The Bertz CT molecular complexity index is 611. The summed E-state index contributed by atoms with van der Waals surface area (Å²) in [5.74, 6) is 0.185. The lowest BCUT2D eigenvalue weighted by Crippen LogP contribution is -3.13. The van der Waals surface area contributed by atoms with Crippen LogP contribution in [0.5, 0.6) is 0 Å². The minimum atomic E-state index is -0.140. The van der Waals surface area contributed by atoms with Gasteiger partial charge in [0, 0.05) is 5.56 Å². The molecule has 1 aliphatic rings. The van der Waals surface area contributed by atoms with Gasteiger partial charge in [0.15, 0.2) is 5.16 Å². The molecule has 23 heavy (non-hydrogen) atoms. The van der Waals surface area contributed by atoms with E-state index < -0.39 is 0 Å². The van der Waals surface area contributed by atoms with Gasteiger partial charge in [0.1, 0.15) is 12.9 Å². The van der Waals surface area contributed by atoms with E-state index >= 15 is 0 Å². The fourth-order valence-electron chi connectivity index (χ4n) is 2.83. The molecule has 0 saturated carbocycles. The van der Waals surface area contributed by atoms with E-state index in [0.717, 1.165) is 32.7 Å². The molecule has 2 N–H and O–H groups in total. The second-order valence-electron chi connectivity index (χ2n) is 5.79. The first-order chi connectivity index (χ1) is 11.2. The molecule has 2 heterocycles. The topological polar surface area (TPSA) is 66.3 Å².